The van der Waals surface area contributed by atoms with Gasteiger partial charge in [0, 0.05) is 13.1 Å². The molecule has 0 N–H and O–H groups in total. The van der Waals surface area contributed by atoms with E-state index in [2.05, 4.69) is 15.9 Å². The van der Waals surface area contributed by atoms with Crippen LogP contribution in [0.25, 0.3) is 0 Å². The minimum absolute atomic E-state index is 0.150. The molecule has 0 atom stereocenters. The highest BCUT2D eigenvalue weighted by molar-refractivity contribution is 9.10. The lowest BCUT2D eigenvalue weighted by Crippen LogP contribution is -2.36. The van der Waals surface area contributed by atoms with Gasteiger partial charge in [-0.05, 0) is 28.1 Å². The Morgan fingerprint density at radius 2 is 1.80 bits per heavy atom. The average Bonchev–Trinajstić information content (AvgIpc) is 2.27. The minimum Gasteiger partial charge on any atom is -0.378 e. The van der Waals surface area contributed by atoms with Crippen molar-refractivity contribution in [2.45, 2.75) is 0 Å². The molecule has 0 aromatic heterocycles. The quantitative estimate of drug-likeness (QED) is 0.732. The molecule has 82 valence electrons. The van der Waals surface area contributed by atoms with Crippen LogP contribution in [0.2, 0.25) is 0 Å². The second-order valence-corrected chi connectivity index (χ2v) is 4.15. The Kier molecular flexibility index (Phi) is 3.21. The number of rotatable bonds is 1. The predicted octanol–water partition coefficient (Wildman–Crippen LogP) is 2.56. The first-order chi connectivity index (χ1) is 7.20. The van der Waals surface area contributed by atoms with Crippen molar-refractivity contribution in [3.63, 3.8) is 0 Å². The van der Waals surface area contributed by atoms with Crippen molar-refractivity contribution in [2.24, 2.45) is 0 Å². The molecule has 1 saturated heterocycles. The maximum absolute atomic E-state index is 13.6. The van der Waals surface area contributed by atoms with E-state index >= 15 is 0 Å². The van der Waals surface area contributed by atoms with Gasteiger partial charge in [-0.2, -0.15) is 0 Å². The number of hydrogen-bond donors (Lipinski definition) is 0. The van der Waals surface area contributed by atoms with Gasteiger partial charge in [0.2, 0.25) is 0 Å². The van der Waals surface area contributed by atoms with Crippen LogP contribution in [-0.4, -0.2) is 26.3 Å². The van der Waals surface area contributed by atoms with E-state index in [0.29, 0.717) is 32.0 Å². The van der Waals surface area contributed by atoms with Crippen molar-refractivity contribution in [1.29, 1.82) is 0 Å². The van der Waals surface area contributed by atoms with Crippen molar-refractivity contribution in [2.75, 3.05) is 31.2 Å². The second kappa shape index (κ2) is 4.45. The number of halogens is 3. The van der Waals surface area contributed by atoms with Gasteiger partial charge in [0.05, 0.1) is 23.4 Å². The topological polar surface area (TPSA) is 12.5 Å². The van der Waals surface area contributed by atoms with Gasteiger partial charge in [-0.25, -0.2) is 8.78 Å². The van der Waals surface area contributed by atoms with E-state index in [1.807, 2.05) is 0 Å². The minimum atomic E-state index is -0.834. The molecule has 1 aliphatic heterocycles. The molecule has 15 heavy (non-hydrogen) atoms. The number of morpholine rings is 1. The average molecular weight is 278 g/mol. The van der Waals surface area contributed by atoms with Gasteiger partial charge in [0.25, 0.3) is 0 Å². The molecule has 1 fully saturated rings. The summed E-state index contributed by atoms with van der Waals surface area (Å²) < 4.78 is 32.1. The van der Waals surface area contributed by atoms with Crippen LogP contribution >= 0.6 is 15.9 Å². The van der Waals surface area contributed by atoms with Crippen LogP contribution in [-0.2, 0) is 4.74 Å². The van der Waals surface area contributed by atoms with Gasteiger partial charge in [-0.3, -0.25) is 0 Å². The molecule has 0 bridgehead atoms. The highest BCUT2D eigenvalue weighted by atomic mass is 79.9. The van der Waals surface area contributed by atoms with E-state index in [0.717, 1.165) is 0 Å². The number of ether oxygens (including phenoxy) is 1. The zero-order valence-corrected chi connectivity index (χ0v) is 9.56. The van der Waals surface area contributed by atoms with Crippen molar-refractivity contribution in [1.82, 2.24) is 0 Å². The molecule has 0 unspecified atom stereocenters. The standard InChI is InChI=1S/C10H10BrF2NO/c11-7-1-2-8(10(13)9(7)12)14-3-5-15-6-4-14/h1-2H,3-6H2. The predicted molar refractivity (Wildman–Crippen MR) is 57.1 cm³/mol. The fraction of sp³-hybridized carbons (Fsp3) is 0.400. The molecule has 0 aliphatic carbocycles. The smallest absolute Gasteiger partial charge is 0.183 e. The molecular weight excluding hydrogens is 268 g/mol. The summed E-state index contributed by atoms with van der Waals surface area (Å²) in [4.78, 5) is 1.79. The first-order valence-electron chi connectivity index (χ1n) is 4.66. The van der Waals surface area contributed by atoms with E-state index in [4.69, 9.17) is 4.74 Å². The van der Waals surface area contributed by atoms with E-state index in [1.54, 1.807) is 11.0 Å². The summed E-state index contributed by atoms with van der Waals surface area (Å²) in [6.07, 6.45) is 0. The lowest BCUT2D eigenvalue weighted by Gasteiger charge is -2.29. The summed E-state index contributed by atoms with van der Waals surface area (Å²) in [5, 5.41) is 0. The lowest BCUT2D eigenvalue weighted by atomic mass is 10.2. The lowest BCUT2D eigenvalue weighted by molar-refractivity contribution is 0.122. The first kappa shape index (κ1) is 10.8. The van der Waals surface area contributed by atoms with E-state index < -0.39 is 11.6 Å². The number of anilines is 1. The normalized spacial score (nSPS) is 16.9. The van der Waals surface area contributed by atoms with E-state index in [9.17, 15) is 8.78 Å². The first-order valence-corrected chi connectivity index (χ1v) is 5.45. The third kappa shape index (κ3) is 2.13. The Bertz CT molecular complexity index is 367. The SMILES string of the molecule is Fc1c(Br)ccc(N2CCOCC2)c1F. The van der Waals surface area contributed by atoms with Crippen LogP contribution in [0.4, 0.5) is 14.5 Å². The molecule has 0 spiro atoms. The molecule has 1 heterocycles. The molecule has 2 nitrogen and oxygen atoms in total. The fourth-order valence-corrected chi connectivity index (χ4v) is 1.87. The highest BCUT2D eigenvalue weighted by Crippen LogP contribution is 2.27. The van der Waals surface area contributed by atoms with Crippen molar-refractivity contribution in [3.05, 3.63) is 28.2 Å². The van der Waals surface area contributed by atoms with E-state index in [-0.39, 0.29) is 4.47 Å². The van der Waals surface area contributed by atoms with Gasteiger partial charge in [-0.1, -0.05) is 0 Å². The van der Waals surface area contributed by atoms with Gasteiger partial charge < -0.3 is 9.64 Å². The maximum atomic E-state index is 13.6. The third-order valence-electron chi connectivity index (χ3n) is 2.37. The van der Waals surface area contributed by atoms with Crippen LogP contribution in [0.5, 0.6) is 0 Å². The zero-order valence-electron chi connectivity index (χ0n) is 7.97. The molecule has 0 saturated carbocycles. The molecule has 1 aromatic rings. The highest BCUT2D eigenvalue weighted by Gasteiger charge is 2.18. The third-order valence-corrected chi connectivity index (χ3v) is 2.98. The second-order valence-electron chi connectivity index (χ2n) is 3.29. The summed E-state index contributed by atoms with van der Waals surface area (Å²) in [6.45, 7) is 2.30. The van der Waals surface area contributed by atoms with Gasteiger partial charge in [0.15, 0.2) is 11.6 Å². The number of nitrogens with zero attached hydrogens (tertiary/aromatic N) is 1. The van der Waals surface area contributed by atoms with Crippen LogP contribution in [0.15, 0.2) is 16.6 Å². The largest absolute Gasteiger partial charge is 0.378 e. The maximum Gasteiger partial charge on any atom is 0.183 e. The van der Waals surface area contributed by atoms with Gasteiger partial charge in [0.1, 0.15) is 0 Å². The van der Waals surface area contributed by atoms with Crippen LogP contribution in [0.1, 0.15) is 0 Å². The Balaban J connectivity index is 2.31. The van der Waals surface area contributed by atoms with Gasteiger partial charge >= 0.3 is 0 Å². The Morgan fingerprint density at radius 1 is 1.13 bits per heavy atom. The summed E-state index contributed by atoms with van der Waals surface area (Å²) >= 11 is 2.95. The monoisotopic (exact) mass is 277 g/mol. The molecule has 2 rings (SSSR count). The molecule has 0 radical (unpaired) electrons. The number of benzene rings is 1. The van der Waals surface area contributed by atoms with Crippen LogP contribution < -0.4 is 4.90 Å². The van der Waals surface area contributed by atoms with Crippen molar-refractivity contribution < 1.29 is 13.5 Å². The van der Waals surface area contributed by atoms with Crippen LogP contribution in [0.3, 0.4) is 0 Å². The van der Waals surface area contributed by atoms with Crippen molar-refractivity contribution >= 4 is 21.6 Å². The Morgan fingerprint density at radius 3 is 2.47 bits per heavy atom. The molecular formula is C10H10BrF2NO. The van der Waals surface area contributed by atoms with Crippen LogP contribution in [0, 0.1) is 11.6 Å². The summed E-state index contributed by atoms with van der Waals surface area (Å²) in [7, 11) is 0. The summed E-state index contributed by atoms with van der Waals surface area (Å²) in [5.41, 5.74) is 0.305. The zero-order chi connectivity index (χ0) is 10.8. The Labute approximate surface area is 95.0 Å². The summed E-state index contributed by atoms with van der Waals surface area (Å²) in [5.74, 6) is -1.63. The molecule has 1 aromatic carbocycles. The Hall–Kier alpha value is -0.680. The molecule has 1 aliphatic rings. The summed E-state index contributed by atoms with van der Waals surface area (Å²) in [6, 6.07) is 3.09. The van der Waals surface area contributed by atoms with E-state index in [1.165, 1.54) is 6.07 Å². The molecule has 5 heteroatoms. The van der Waals surface area contributed by atoms with Gasteiger partial charge in [-0.15, -0.1) is 0 Å². The van der Waals surface area contributed by atoms with Crippen molar-refractivity contribution in [3.8, 4) is 0 Å². The molecule has 0 amide bonds. The number of hydrogen-bond acceptors (Lipinski definition) is 2. The fourth-order valence-electron chi connectivity index (χ4n) is 1.56.